The number of rotatable bonds is 6. The minimum Gasteiger partial charge on any atom is -0.481 e. The molecule has 0 bridgehead atoms. The number of carboxylic acids is 2. The number of carbonyl (C=O) groups is 3. The number of ether oxygens (including phenoxy) is 1. The fourth-order valence-corrected chi connectivity index (χ4v) is 2.13. The zero-order valence-electron chi connectivity index (χ0n) is 13.3. The molecule has 0 aliphatic heterocycles. The van der Waals surface area contributed by atoms with Crippen LogP contribution in [0.4, 0.5) is 0 Å². The van der Waals surface area contributed by atoms with E-state index in [1.807, 2.05) is 0 Å². The lowest BCUT2D eigenvalue weighted by atomic mass is 9.79. The minimum atomic E-state index is -2.32. The summed E-state index contributed by atoms with van der Waals surface area (Å²) in [5.41, 5.74) is 3.08. The molecule has 1 unspecified atom stereocenters. The van der Waals surface area contributed by atoms with Gasteiger partial charge in [0.15, 0.2) is 5.92 Å². The van der Waals surface area contributed by atoms with Gasteiger partial charge in [0.1, 0.15) is 11.1 Å². The third kappa shape index (κ3) is 4.79. The molecule has 1 rings (SSSR count). The van der Waals surface area contributed by atoms with Crippen molar-refractivity contribution >= 4 is 17.9 Å². The number of hydrogen-bond acceptors (Lipinski definition) is 5. The van der Waals surface area contributed by atoms with E-state index >= 15 is 0 Å². The van der Waals surface area contributed by atoms with Crippen LogP contribution in [-0.2, 0) is 25.5 Å². The quantitative estimate of drug-likeness (QED) is 0.527. The minimum absolute atomic E-state index is 0.320. The second-order valence-corrected chi connectivity index (χ2v) is 6.31. The van der Waals surface area contributed by atoms with Gasteiger partial charge in [0.25, 0.3) is 0 Å². The van der Waals surface area contributed by atoms with E-state index in [0.717, 1.165) is 0 Å². The van der Waals surface area contributed by atoms with Crippen LogP contribution >= 0.6 is 0 Å². The van der Waals surface area contributed by atoms with Crippen molar-refractivity contribution in [3.05, 3.63) is 35.9 Å². The number of carboxylic acid groups (broad SMARTS) is 2. The number of benzene rings is 1. The highest BCUT2D eigenvalue weighted by Crippen LogP contribution is 2.25. The molecule has 0 radical (unpaired) electrons. The molecule has 0 aromatic heterocycles. The molecule has 2 atom stereocenters. The molecule has 4 N–H and O–H groups in total. The SMILES string of the molecule is CC(C)(C)OC(=O)C(C(=O)O)[C@@](N)(Cc1ccccc1)C(=O)O. The predicted molar refractivity (Wildman–Crippen MR) is 81.7 cm³/mol. The molecule has 0 fully saturated rings. The van der Waals surface area contributed by atoms with Crippen LogP contribution in [0.5, 0.6) is 0 Å². The smallest absolute Gasteiger partial charge is 0.325 e. The molecule has 0 heterocycles. The Balaban J connectivity index is 3.23. The van der Waals surface area contributed by atoms with Gasteiger partial charge in [0.05, 0.1) is 0 Å². The van der Waals surface area contributed by atoms with Crippen molar-refractivity contribution in [3.8, 4) is 0 Å². The molecule has 7 nitrogen and oxygen atoms in total. The summed E-state index contributed by atoms with van der Waals surface area (Å²) in [7, 11) is 0. The highest BCUT2D eigenvalue weighted by atomic mass is 16.6. The van der Waals surface area contributed by atoms with Crippen LogP contribution in [0, 0.1) is 5.92 Å². The van der Waals surface area contributed by atoms with Crippen LogP contribution in [0.3, 0.4) is 0 Å². The van der Waals surface area contributed by atoms with Gasteiger partial charge in [-0.2, -0.15) is 0 Å². The highest BCUT2D eigenvalue weighted by molar-refractivity contribution is 6.02. The van der Waals surface area contributed by atoms with Crippen molar-refractivity contribution in [2.75, 3.05) is 0 Å². The van der Waals surface area contributed by atoms with Gasteiger partial charge < -0.3 is 20.7 Å². The van der Waals surface area contributed by atoms with E-state index in [4.69, 9.17) is 10.5 Å². The monoisotopic (exact) mass is 323 g/mol. The van der Waals surface area contributed by atoms with Gasteiger partial charge >= 0.3 is 17.9 Å². The average molecular weight is 323 g/mol. The molecule has 0 spiro atoms. The van der Waals surface area contributed by atoms with Crippen molar-refractivity contribution in [2.45, 2.75) is 38.3 Å². The maximum atomic E-state index is 12.2. The highest BCUT2D eigenvalue weighted by Gasteiger charge is 2.52. The lowest BCUT2D eigenvalue weighted by molar-refractivity contribution is -0.175. The van der Waals surface area contributed by atoms with Crippen LogP contribution in [-0.4, -0.2) is 39.3 Å². The lowest BCUT2D eigenvalue weighted by Gasteiger charge is -2.31. The molecule has 0 aliphatic rings. The molecular weight excluding hydrogens is 302 g/mol. The van der Waals surface area contributed by atoms with Crippen LogP contribution in [0.1, 0.15) is 26.3 Å². The van der Waals surface area contributed by atoms with Crippen LogP contribution in [0.2, 0.25) is 0 Å². The number of carbonyl (C=O) groups excluding carboxylic acids is 1. The standard InChI is InChI=1S/C16H21NO6/c1-15(2,3)23-13(20)11(12(18)19)16(17,14(21)22)9-10-7-5-4-6-8-10/h4-8,11H,9,17H2,1-3H3,(H,18,19)(H,21,22)/t11?,16-/m0/s1. The van der Waals surface area contributed by atoms with Crippen molar-refractivity contribution in [3.63, 3.8) is 0 Å². The van der Waals surface area contributed by atoms with Gasteiger partial charge in [-0.05, 0) is 26.3 Å². The molecule has 0 saturated heterocycles. The zero-order chi connectivity index (χ0) is 17.8. The molecule has 0 amide bonds. The first-order chi connectivity index (χ1) is 10.5. The lowest BCUT2D eigenvalue weighted by Crippen LogP contribution is -2.61. The summed E-state index contributed by atoms with van der Waals surface area (Å²) in [6.45, 7) is 4.67. The van der Waals surface area contributed by atoms with Gasteiger partial charge in [0.2, 0.25) is 0 Å². The van der Waals surface area contributed by atoms with E-state index in [1.54, 1.807) is 51.1 Å². The fourth-order valence-electron chi connectivity index (χ4n) is 2.13. The zero-order valence-corrected chi connectivity index (χ0v) is 13.3. The number of nitrogens with two attached hydrogens (primary N) is 1. The van der Waals surface area contributed by atoms with Crippen molar-refractivity contribution < 1.29 is 29.3 Å². The average Bonchev–Trinajstić information content (AvgIpc) is 2.36. The Bertz CT molecular complexity index is 592. The van der Waals surface area contributed by atoms with Crippen LogP contribution in [0.25, 0.3) is 0 Å². The summed E-state index contributed by atoms with van der Waals surface area (Å²) >= 11 is 0. The molecular formula is C16H21NO6. The summed E-state index contributed by atoms with van der Waals surface area (Å²) in [6.07, 6.45) is -0.320. The van der Waals surface area contributed by atoms with E-state index in [0.29, 0.717) is 5.56 Å². The third-order valence-corrected chi connectivity index (χ3v) is 3.14. The number of esters is 1. The van der Waals surface area contributed by atoms with Gasteiger partial charge in [-0.1, -0.05) is 30.3 Å². The van der Waals surface area contributed by atoms with Crippen LogP contribution < -0.4 is 5.73 Å². The topological polar surface area (TPSA) is 127 Å². The Kier molecular flexibility index (Phi) is 5.50. The number of hydrogen-bond donors (Lipinski definition) is 3. The fraction of sp³-hybridized carbons (Fsp3) is 0.438. The summed E-state index contributed by atoms with van der Waals surface area (Å²) < 4.78 is 5.03. The molecule has 7 heteroatoms. The second-order valence-electron chi connectivity index (χ2n) is 6.31. The maximum Gasteiger partial charge on any atom is 0.325 e. The van der Waals surface area contributed by atoms with Gasteiger partial charge in [0, 0.05) is 6.42 Å². The molecule has 1 aromatic rings. The first-order valence-corrected chi connectivity index (χ1v) is 6.99. The summed E-state index contributed by atoms with van der Waals surface area (Å²) in [5.74, 6) is -6.43. The Morgan fingerprint density at radius 2 is 1.65 bits per heavy atom. The van der Waals surface area contributed by atoms with E-state index in [1.165, 1.54) is 0 Å². The van der Waals surface area contributed by atoms with Crippen molar-refractivity contribution in [2.24, 2.45) is 11.7 Å². The first-order valence-electron chi connectivity index (χ1n) is 6.99. The summed E-state index contributed by atoms with van der Waals surface area (Å²) in [5, 5.41) is 18.8. The van der Waals surface area contributed by atoms with Crippen molar-refractivity contribution in [1.29, 1.82) is 0 Å². The Labute approximate surface area is 134 Å². The number of aliphatic carboxylic acids is 2. The van der Waals surface area contributed by atoms with Gasteiger partial charge in [-0.15, -0.1) is 0 Å². The molecule has 23 heavy (non-hydrogen) atoms. The normalized spacial score (nSPS) is 15.3. The Morgan fingerprint density at radius 3 is 2.04 bits per heavy atom. The molecule has 126 valence electrons. The second kappa shape index (κ2) is 6.78. The van der Waals surface area contributed by atoms with Crippen LogP contribution in [0.15, 0.2) is 30.3 Å². The van der Waals surface area contributed by atoms with E-state index in [9.17, 15) is 24.6 Å². The van der Waals surface area contributed by atoms with E-state index < -0.39 is 35.0 Å². The predicted octanol–water partition coefficient (Wildman–Crippen LogP) is 1.05. The third-order valence-electron chi connectivity index (χ3n) is 3.14. The summed E-state index contributed by atoms with van der Waals surface area (Å²) in [4.78, 5) is 35.4. The van der Waals surface area contributed by atoms with Crippen molar-refractivity contribution in [1.82, 2.24) is 0 Å². The Morgan fingerprint density at radius 1 is 1.13 bits per heavy atom. The summed E-state index contributed by atoms with van der Waals surface area (Å²) in [6, 6.07) is 8.28. The maximum absolute atomic E-state index is 12.2. The largest absolute Gasteiger partial charge is 0.481 e. The van der Waals surface area contributed by atoms with E-state index in [2.05, 4.69) is 0 Å². The van der Waals surface area contributed by atoms with Gasteiger partial charge in [-0.25, -0.2) is 0 Å². The first kappa shape index (κ1) is 18.6. The Hall–Kier alpha value is -2.41. The molecule has 0 saturated carbocycles. The van der Waals surface area contributed by atoms with E-state index in [-0.39, 0.29) is 6.42 Å². The van der Waals surface area contributed by atoms with Gasteiger partial charge in [-0.3, -0.25) is 14.4 Å². The molecule has 1 aromatic carbocycles. The molecule has 0 aliphatic carbocycles.